The predicted molar refractivity (Wildman–Crippen MR) is 79.8 cm³/mol. The Labute approximate surface area is 133 Å². The highest BCUT2D eigenvalue weighted by Gasteiger charge is 2.32. The van der Waals surface area contributed by atoms with E-state index >= 15 is 0 Å². The zero-order valence-electron chi connectivity index (χ0n) is 12.5. The van der Waals surface area contributed by atoms with Crippen molar-refractivity contribution < 1.29 is 27.5 Å². The van der Waals surface area contributed by atoms with Crippen molar-refractivity contribution >= 4 is 27.6 Å². The number of carboxylic acids is 1. The molecule has 1 aliphatic heterocycles. The third-order valence-electron chi connectivity index (χ3n) is 3.69. The summed E-state index contributed by atoms with van der Waals surface area (Å²) in [4.78, 5) is 21.8. The minimum absolute atomic E-state index is 0.0894. The minimum Gasteiger partial charge on any atom is -0.481 e. The first kappa shape index (κ1) is 17.4. The molecule has 1 aromatic carbocycles. The first-order chi connectivity index (χ1) is 10.7. The van der Waals surface area contributed by atoms with Crippen LogP contribution >= 0.6 is 0 Å². The molecule has 0 radical (unpaired) electrons. The van der Waals surface area contributed by atoms with Crippen molar-refractivity contribution in [2.45, 2.75) is 24.7 Å². The molecule has 1 heterocycles. The van der Waals surface area contributed by atoms with Gasteiger partial charge in [-0.05, 0) is 31.0 Å². The first-order valence-corrected chi connectivity index (χ1v) is 8.46. The van der Waals surface area contributed by atoms with Crippen LogP contribution in [0.25, 0.3) is 0 Å². The maximum atomic E-state index is 13.6. The van der Waals surface area contributed by atoms with Crippen molar-refractivity contribution in [3.05, 3.63) is 24.0 Å². The summed E-state index contributed by atoms with van der Waals surface area (Å²) in [6.07, 6.45) is 0.461. The van der Waals surface area contributed by atoms with Gasteiger partial charge in [-0.15, -0.1) is 0 Å². The molecule has 9 heteroatoms. The first-order valence-electron chi connectivity index (χ1n) is 7.02. The lowest BCUT2D eigenvalue weighted by Gasteiger charge is -2.29. The number of piperidine rings is 1. The normalized spacial score (nSPS) is 17.0. The summed E-state index contributed by atoms with van der Waals surface area (Å²) in [6, 6.07) is 3.16. The highest BCUT2D eigenvalue weighted by Crippen LogP contribution is 2.26. The van der Waals surface area contributed by atoms with E-state index in [9.17, 15) is 22.4 Å². The molecule has 0 bridgehead atoms. The molecule has 126 valence electrons. The highest BCUT2D eigenvalue weighted by atomic mass is 32.2. The molecule has 1 aromatic rings. The van der Waals surface area contributed by atoms with Gasteiger partial charge in [0.05, 0.1) is 16.5 Å². The SMILES string of the molecule is CC(=O)Nc1cc(S(=O)(=O)N2CCC(C(=O)O)CC2)ccc1F. The van der Waals surface area contributed by atoms with E-state index in [1.165, 1.54) is 11.2 Å². The van der Waals surface area contributed by atoms with Crippen LogP contribution in [0.4, 0.5) is 10.1 Å². The van der Waals surface area contributed by atoms with E-state index in [1.54, 1.807) is 0 Å². The van der Waals surface area contributed by atoms with Gasteiger partial charge in [-0.25, -0.2) is 12.8 Å². The molecule has 0 unspecified atom stereocenters. The number of hydrogen-bond donors (Lipinski definition) is 2. The zero-order valence-corrected chi connectivity index (χ0v) is 13.3. The van der Waals surface area contributed by atoms with Crippen LogP contribution in [-0.2, 0) is 19.6 Å². The molecule has 0 aromatic heterocycles. The van der Waals surface area contributed by atoms with Crippen LogP contribution in [0.3, 0.4) is 0 Å². The molecular weight excluding hydrogens is 327 g/mol. The quantitative estimate of drug-likeness (QED) is 0.856. The van der Waals surface area contributed by atoms with Crippen LogP contribution in [0.2, 0.25) is 0 Å². The Morgan fingerprint density at radius 2 is 1.91 bits per heavy atom. The lowest BCUT2D eigenvalue weighted by molar-refractivity contribution is -0.142. The number of hydrogen-bond acceptors (Lipinski definition) is 4. The number of anilines is 1. The Morgan fingerprint density at radius 1 is 1.30 bits per heavy atom. The maximum absolute atomic E-state index is 13.6. The molecule has 1 fully saturated rings. The van der Waals surface area contributed by atoms with E-state index in [1.807, 2.05) is 0 Å². The Hall–Kier alpha value is -2.00. The van der Waals surface area contributed by atoms with Gasteiger partial charge in [0.2, 0.25) is 15.9 Å². The Bertz CT molecular complexity index is 727. The number of amides is 1. The van der Waals surface area contributed by atoms with Crippen molar-refractivity contribution in [2.24, 2.45) is 5.92 Å². The van der Waals surface area contributed by atoms with E-state index in [0.29, 0.717) is 0 Å². The number of carboxylic acid groups (broad SMARTS) is 1. The molecule has 0 aliphatic carbocycles. The number of nitrogens with zero attached hydrogens (tertiary/aromatic N) is 1. The van der Waals surface area contributed by atoms with Crippen molar-refractivity contribution in [2.75, 3.05) is 18.4 Å². The topological polar surface area (TPSA) is 104 Å². The number of sulfonamides is 1. The molecule has 23 heavy (non-hydrogen) atoms. The largest absolute Gasteiger partial charge is 0.481 e. The second-order valence-electron chi connectivity index (χ2n) is 5.34. The summed E-state index contributed by atoms with van der Waals surface area (Å²) in [5.41, 5.74) is -0.209. The standard InChI is InChI=1S/C14H17FN2O5S/c1-9(18)16-13-8-11(2-3-12(13)15)23(21,22)17-6-4-10(5-7-17)14(19)20/h2-3,8,10H,4-7H2,1H3,(H,16,18)(H,19,20). The molecule has 7 nitrogen and oxygen atoms in total. The molecule has 1 saturated heterocycles. The molecular formula is C14H17FN2O5S. The van der Waals surface area contributed by atoms with Crippen molar-refractivity contribution in [3.8, 4) is 0 Å². The summed E-state index contributed by atoms with van der Waals surface area (Å²) >= 11 is 0. The number of carbonyl (C=O) groups excluding carboxylic acids is 1. The van der Waals surface area contributed by atoms with Crippen LogP contribution < -0.4 is 5.32 Å². The van der Waals surface area contributed by atoms with Gasteiger partial charge in [0.15, 0.2) is 0 Å². The monoisotopic (exact) mass is 344 g/mol. The van der Waals surface area contributed by atoms with E-state index in [0.717, 1.165) is 18.2 Å². The fraction of sp³-hybridized carbons (Fsp3) is 0.429. The minimum atomic E-state index is -3.86. The van der Waals surface area contributed by atoms with Gasteiger partial charge >= 0.3 is 5.97 Å². The number of carbonyl (C=O) groups is 2. The fourth-order valence-corrected chi connectivity index (χ4v) is 3.94. The number of nitrogens with one attached hydrogen (secondary N) is 1. The zero-order chi connectivity index (χ0) is 17.2. The summed E-state index contributed by atoms with van der Waals surface area (Å²) in [5, 5.41) is 11.2. The number of benzene rings is 1. The van der Waals surface area contributed by atoms with E-state index in [4.69, 9.17) is 5.11 Å². The second kappa shape index (κ2) is 6.63. The van der Waals surface area contributed by atoms with Gasteiger partial charge < -0.3 is 10.4 Å². The fourth-order valence-electron chi connectivity index (χ4n) is 2.44. The van der Waals surface area contributed by atoms with Gasteiger partial charge in [-0.3, -0.25) is 9.59 Å². The van der Waals surface area contributed by atoms with Crippen LogP contribution in [-0.4, -0.2) is 42.8 Å². The summed E-state index contributed by atoms with van der Waals surface area (Å²) in [5.74, 6) is -2.73. The van der Waals surface area contributed by atoms with E-state index < -0.39 is 33.6 Å². The van der Waals surface area contributed by atoms with Gasteiger partial charge in [0.1, 0.15) is 5.82 Å². The maximum Gasteiger partial charge on any atom is 0.306 e. The van der Waals surface area contributed by atoms with Gasteiger partial charge in [-0.1, -0.05) is 0 Å². The second-order valence-corrected chi connectivity index (χ2v) is 7.28. The smallest absolute Gasteiger partial charge is 0.306 e. The van der Waals surface area contributed by atoms with Crippen LogP contribution in [0.5, 0.6) is 0 Å². The number of rotatable bonds is 4. The molecule has 2 rings (SSSR count). The third kappa shape index (κ3) is 3.85. The molecule has 1 aliphatic rings. The molecule has 1 amide bonds. The van der Waals surface area contributed by atoms with E-state index in [2.05, 4.69) is 5.32 Å². The van der Waals surface area contributed by atoms with Crippen molar-refractivity contribution in [3.63, 3.8) is 0 Å². The summed E-state index contributed by atoms with van der Waals surface area (Å²) in [6.45, 7) is 1.37. The number of aliphatic carboxylic acids is 1. The van der Waals surface area contributed by atoms with E-state index in [-0.39, 0.29) is 36.5 Å². The lowest BCUT2D eigenvalue weighted by Crippen LogP contribution is -2.40. The Balaban J connectivity index is 2.23. The van der Waals surface area contributed by atoms with Crippen LogP contribution in [0.15, 0.2) is 23.1 Å². The Kier molecular flexibility index (Phi) is 5.00. The summed E-state index contributed by atoms with van der Waals surface area (Å²) < 4.78 is 39.9. The van der Waals surface area contributed by atoms with Crippen LogP contribution in [0.1, 0.15) is 19.8 Å². The lowest BCUT2D eigenvalue weighted by atomic mass is 9.99. The average Bonchev–Trinajstić information content (AvgIpc) is 2.49. The number of halogens is 1. The van der Waals surface area contributed by atoms with Crippen molar-refractivity contribution in [1.82, 2.24) is 4.31 Å². The van der Waals surface area contributed by atoms with Crippen LogP contribution in [0, 0.1) is 11.7 Å². The highest BCUT2D eigenvalue weighted by molar-refractivity contribution is 7.89. The third-order valence-corrected chi connectivity index (χ3v) is 5.58. The molecule has 0 atom stereocenters. The molecule has 0 saturated carbocycles. The van der Waals surface area contributed by atoms with Gasteiger partial charge in [-0.2, -0.15) is 4.31 Å². The van der Waals surface area contributed by atoms with Gasteiger partial charge in [0.25, 0.3) is 0 Å². The predicted octanol–water partition coefficient (Wildman–Crippen LogP) is 1.27. The Morgan fingerprint density at radius 3 is 2.43 bits per heavy atom. The van der Waals surface area contributed by atoms with Crippen molar-refractivity contribution in [1.29, 1.82) is 0 Å². The van der Waals surface area contributed by atoms with Gasteiger partial charge in [0, 0.05) is 20.0 Å². The summed E-state index contributed by atoms with van der Waals surface area (Å²) in [7, 11) is -3.86. The molecule has 0 spiro atoms. The molecule has 2 N–H and O–H groups in total. The average molecular weight is 344 g/mol.